The first-order valence-electron chi connectivity index (χ1n) is 7.35. The van der Waals surface area contributed by atoms with Crippen molar-refractivity contribution in [1.82, 2.24) is 4.98 Å². The van der Waals surface area contributed by atoms with Crippen molar-refractivity contribution in [1.29, 1.82) is 0 Å². The molecule has 2 nitrogen and oxygen atoms in total. The summed E-state index contributed by atoms with van der Waals surface area (Å²) in [6.45, 7) is 5.64. The molecule has 0 bridgehead atoms. The van der Waals surface area contributed by atoms with Crippen molar-refractivity contribution in [2.75, 3.05) is 11.9 Å². The molecule has 0 saturated heterocycles. The number of anilines is 1. The van der Waals surface area contributed by atoms with Crippen LogP contribution in [0.15, 0.2) is 24.3 Å². The van der Waals surface area contributed by atoms with E-state index >= 15 is 0 Å². The van der Waals surface area contributed by atoms with Gasteiger partial charge in [-0.1, -0.05) is 63.0 Å². The molecule has 0 amide bonds. The van der Waals surface area contributed by atoms with Gasteiger partial charge in [0.15, 0.2) is 5.13 Å². The third-order valence-electron chi connectivity index (χ3n) is 3.28. The Labute approximate surface area is 120 Å². The lowest BCUT2D eigenvalue weighted by molar-refractivity contribution is 0.523. The molecule has 0 aliphatic carbocycles. The Hall–Kier alpha value is -1.09. The van der Waals surface area contributed by atoms with Gasteiger partial charge in [0.05, 0.1) is 10.2 Å². The van der Waals surface area contributed by atoms with E-state index in [4.69, 9.17) is 0 Å². The summed E-state index contributed by atoms with van der Waals surface area (Å²) >= 11 is 1.75. The second kappa shape index (κ2) is 7.49. The molecule has 0 saturated carbocycles. The van der Waals surface area contributed by atoms with Gasteiger partial charge in [-0.3, -0.25) is 0 Å². The summed E-state index contributed by atoms with van der Waals surface area (Å²) in [5, 5.41) is 4.50. The molecule has 1 aromatic heterocycles. The zero-order valence-corrected chi connectivity index (χ0v) is 12.8. The van der Waals surface area contributed by atoms with Crippen molar-refractivity contribution in [3.63, 3.8) is 0 Å². The Morgan fingerprint density at radius 3 is 2.68 bits per heavy atom. The number of rotatable bonds is 8. The van der Waals surface area contributed by atoms with Gasteiger partial charge in [0.2, 0.25) is 0 Å². The molecule has 3 heteroatoms. The minimum atomic E-state index is 0.848. The third kappa shape index (κ3) is 4.83. The summed E-state index contributed by atoms with van der Waals surface area (Å²) in [7, 11) is 0. The number of benzene rings is 1. The zero-order chi connectivity index (χ0) is 13.5. The largest absolute Gasteiger partial charge is 0.361 e. The number of thiazole rings is 1. The number of aromatic nitrogens is 1. The highest BCUT2D eigenvalue weighted by Crippen LogP contribution is 2.25. The molecule has 0 radical (unpaired) electrons. The quantitative estimate of drug-likeness (QED) is 0.660. The minimum absolute atomic E-state index is 0.848. The summed E-state index contributed by atoms with van der Waals surface area (Å²) in [6, 6.07) is 8.31. The molecule has 1 heterocycles. The van der Waals surface area contributed by atoms with Gasteiger partial charge in [0.25, 0.3) is 0 Å². The van der Waals surface area contributed by atoms with Gasteiger partial charge in [0.1, 0.15) is 0 Å². The molecule has 0 unspecified atom stereocenters. The number of hydrogen-bond acceptors (Lipinski definition) is 3. The lowest BCUT2D eigenvalue weighted by atomic mass is 10.0. The van der Waals surface area contributed by atoms with Gasteiger partial charge < -0.3 is 5.32 Å². The number of unbranched alkanes of at least 4 members (excludes halogenated alkanes) is 3. The maximum atomic E-state index is 4.58. The summed E-state index contributed by atoms with van der Waals surface area (Å²) < 4.78 is 1.27. The third-order valence-corrected chi connectivity index (χ3v) is 4.27. The van der Waals surface area contributed by atoms with E-state index in [1.54, 1.807) is 11.3 Å². The van der Waals surface area contributed by atoms with E-state index in [9.17, 15) is 0 Å². The fourth-order valence-corrected chi connectivity index (χ4v) is 3.07. The monoisotopic (exact) mass is 276 g/mol. The molecular weight excluding hydrogens is 252 g/mol. The molecule has 19 heavy (non-hydrogen) atoms. The second-order valence-electron chi connectivity index (χ2n) is 5.51. The van der Waals surface area contributed by atoms with E-state index < -0.39 is 0 Å². The number of hydrogen-bond donors (Lipinski definition) is 1. The van der Waals surface area contributed by atoms with E-state index in [1.807, 2.05) is 6.07 Å². The second-order valence-corrected chi connectivity index (χ2v) is 6.54. The SMILES string of the molecule is CC(C)CCCCCCNc1nc2ccccc2s1. The van der Waals surface area contributed by atoms with Crippen LogP contribution in [0, 0.1) is 5.92 Å². The smallest absolute Gasteiger partial charge is 0.183 e. The molecule has 1 aromatic carbocycles. The van der Waals surface area contributed by atoms with Crippen LogP contribution in [0.5, 0.6) is 0 Å². The fraction of sp³-hybridized carbons (Fsp3) is 0.562. The molecule has 0 aliphatic rings. The maximum Gasteiger partial charge on any atom is 0.183 e. The summed E-state index contributed by atoms with van der Waals surface area (Å²) in [5.41, 5.74) is 1.10. The van der Waals surface area contributed by atoms with E-state index in [-0.39, 0.29) is 0 Å². The van der Waals surface area contributed by atoms with E-state index in [0.717, 1.165) is 23.1 Å². The first-order valence-corrected chi connectivity index (χ1v) is 8.17. The van der Waals surface area contributed by atoms with Crippen LogP contribution in [-0.4, -0.2) is 11.5 Å². The summed E-state index contributed by atoms with van der Waals surface area (Å²) in [4.78, 5) is 4.58. The van der Waals surface area contributed by atoms with Crippen LogP contribution in [-0.2, 0) is 0 Å². The average molecular weight is 276 g/mol. The Morgan fingerprint density at radius 2 is 1.89 bits per heavy atom. The molecule has 104 valence electrons. The molecule has 0 aliphatic heterocycles. The number of nitrogens with zero attached hydrogens (tertiary/aromatic N) is 1. The van der Waals surface area contributed by atoms with Crippen LogP contribution in [0.4, 0.5) is 5.13 Å². The van der Waals surface area contributed by atoms with Crippen LogP contribution >= 0.6 is 11.3 Å². The highest BCUT2D eigenvalue weighted by molar-refractivity contribution is 7.22. The topological polar surface area (TPSA) is 24.9 Å². The van der Waals surface area contributed by atoms with Gasteiger partial charge >= 0.3 is 0 Å². The van der Waals surface area contributed by atoms with E-state index in [0.29, 0.717) is 0 Å². The van der Waals surface area contributed by atoms with Crippen molar-refractivity contribution in [3.8, 4) is 0 Å². The summed E-state index contributed by atoms with van der Waals surface area (Å²) in [5.74, 6) is 0.848. The Kier molecular flexibility index (Phi) is 5.64. The molecule has 2 rings (SSSR count). The lowest BCUT2D eigenvalue weighted by Crippen LogP contribution is -2.00. The van der Waals surface area contributed by atoms with Crippen molar-refractivity contribution in [3.05, 3.63) is 24.3 Å². The number of fused-ring (bicyclic) bond motifs is 1. The van der Waals surface area contributed by atoms with Crippen LogP contribution < -0.4 is 5.32 Å². The first kappa shape index (κ1) is 14.3. The van der Waals surface area contributed by atoms with Crippen molar-refractivity contribution >= 4 is 26.7 Å². The average Bonchev–Trinajstić information content (AvgIpc) is 2.79. The van der Waals surface area contributed by atoms with E-state index in [1.165, 1.54) is 36.8 Å². The lowest BCUT2D eigenvalue weighted by Gasteiger charge is -2.04. The van der Waals surface area contributed by atoms with Crippen LogP contribution in [0.2, 0.25) is 0 Å². The molecule has 2 aromatic rings. The van der Waals surface area contributed by atoms with Crippen LogP contribution in [0.1, 0.15) is 46.0 Å². The van der Waals surface area contributed by atoms with Crippen molar-refractivity contribution in [2.45, 2.75) is 46.0 Å². The van der Waals surface area contributed by atoms with Crippen LogP contribution in [0.25, 0.3) is 10.2 Å². The van der Waals surface area contributed by atoms with Gasteiger partial charge in [-0.25, -0.2) is 4.98 Å². The van der Waals surface area contributed by atoms with Gasteiger partial charge in [-0.2, -0.15) is 0 Å². The molecule has 0 atom stereocenters. The fourth-order valence-electron chi connectivity index (χ4n) is 2.17. The molecule has 1 N–H and O–H groups in total. The summed E-state index contributed by atoms with van der Waals surface area (Å²) in [6.07, 6.45) is 6.67. The first-order chi connectivity index (χ1) is 9.25. The molecule has 0 spiro atoms. The Morgan fingerprint density at radius 1 is 1.11 bits per heavy atom. The highest BCUT2D eigenvalue weighted by Gasteiger charge is 2.01. The predicted molar refractivity (Wildman–Crippen MR) is 86.0 cm³/mol. The van der Waals surface area contributed by atoms with Crippen LogP contribution in [0.3, 0.4) is 0 Å². The molecule has 0 fully saturated rings. The Bertz CT molecular complexity index is 457. The van der Waals surface area contributed by atoms with Gasteiger partial charge in [-0.05, 0) is 24.5 Å². The standard InChI is InChI=1S/C16H24N2S/c1-13(2)9-5-3-4-8-12-17-16-18-14-10-6-7-11-15(14)19-16/h6-7,10-11,13H,3-5,8-9,12H2,1-2H3,(H,17,18). The number of nitrogens with one attached hydrogen (secondary N) is 1. The van der Waals surface area contributed by atoms with Gasteiger partial charge in [0, 0.05) is 6.54 Å². The van der Waals surface area contributed by atoms with Crippen molar-refractivity contribution in [2.24, 2.45) is 5.92 Å². The van der Waals surface area contributed by atoms with Crippen molar-refractivity contribution < 1.29 is 0 Å². The Balaban J connectivity index is 1.63. The normalized spacial score (nSPS) is 11.3. The maximum absolute atomic E-state index is 4.58. The minimum Gasteiger partial charge on any atom is -0.361 e. The molecular formula is C16H24N2S. The van der Waals surface area contributed by atoms with Gasteiger partial charge in [-0.15, -0.1) is 0 Å². The number of para-hydroxylation sites is 1. The predicted octanol–water partition coefficient (Wildman–Crippen LogP) is 5.31. The highest BCUT2D eigenvalue weighted by atomic mass is 32.1. The zero-order valence-electron chi connectivity index (χ0n) is 12.0. The van der Waals surface area contributed by atoms with E-state index in [2.05, 4.69) is 42.3 Å².